The average Bonchev–Trinajstić information content (AvgIpc) is 2.19. The largest absolute Gasteiger partial charge is 0.350 e. The molecule has 82 valence electrons. The van der Waals surface area contributed by atoms with Gasteiger partial charge in [-0.15, -0.1) is 6.58 Å². The van der Waals surface area contributed by atoms with Crippen LogP contribution in [0.3, 0.4) is 0 Å². The second-order valence-corrected chi connectivity index (χ2v) is 4.59. The monoisotopic (exact) mass is 268 g/mol. The average molecular weight is 269 g/mol. The second-order valence-electron chi connectivity index (χ2n) is 3.80. The lowest BCUT2D eigenvalue weighted by molar-refractivity contribution is 0.710. The van der Waals surface area contributed by atoms with E-state index >= 15 is 0 Å². The highest BCUT2D eigenvalue weighted by Gasteiger charge is 2.14. The predicted octanol–water partition coefficient (Wildman–Crippen LogP) is 3.55. The summed E-state index contributed by atoms with van der Waals surface area (Å²) in [5, 5.41) is 0. The van der Waals surface area contributed by atoms with E-state index in [2.05, 4.69) is 53.2 Å². The molecule has 0 N–H and O–H groups in total. The van der Waals surface area contributed by atoms with Gasteiger partial charge in [-0.1, -0.05) is 6.08 Å². The van der Waals surface area contributed by atoms with Crippen LogP contribution < -0.4 is 4.90 Å². The first-order chi connectivity index (χ1) is 7.07. The molecule has 15 heavy (non-hydrogen) atoms. The van der Waals surface area contributed by atoms with Crippen LogP contribution in [-0.2, 0) is 0 Å². The van der Waals surface area contributed by atoms with Crippen molar-refractivity contribution in [3.8, 4) is 0 Å². The SMILES string of the molecule is C=CCN(c1nccc(C)c1Br)C(C)C. The van der Waals surface area contributed by atoms with Crippen molar-refractivity contribution in [1.82, 2.24) is 4.98 Å². The van der Waals surface area contributed by atoms with Gasteiger partial charge < -0.3 is 4.90 Å². The van der Waals surface area contributed by atoms with E-state index in [-0.39, 0.29) is 0 Å². The van der Waals surface area contributed by atoms with Crippen LogP contribution in [0, 0.1) is 6.92 Å². The normalized spacial score (nSPS) is 10.5. The minimum Gasteiger partial charge on any atom is -0.350 e. The van der Waals surface area contributed by atoms with Crippen molar-refractivity contribution in [2.24, 2.45) is 0 Å². The molecule has 0 amide bonds. The first-order valence-corrected chi connectivity index (χ1v) is 5.86. The topological polar surface area (TPSA) is 16.1 Å². The number of hydrogen-bond donors (Lipinski definition) is 0. The van der Waals surface area contributed by atoms with Crippen molar-refractivity contribution in [3.05, 3.63) is 35.0 Å². The molecular formula is C12H17BrN2. The van der Waals surface area contributed by atoms with E-state index < -0.39 is 0 Å². The van der Waals surface area contributed by atoms with Gasteiger partial charge in [0.1, 0.15) is 5.82 Å². The molecule has 2 nitrogen and oxygen atoms in total. The number of halogens is 1. The molecule has 0 aliphatic carbocycles. The van der Waals surface area contributed by atoms with Gasteiger partial charge in [-0.3, -0.25) is 0 Å². The third-order valence-corrected chi connectivity index (χ3v) is 3.27. The maximum absolute atomic E-state index is 4.41. The molecule has 3 heteroatoms. The maximum atomic E-state index is 4.41. The predicted molar refractivity (Wildman–Crippen MR) is 69.4 cm³/mol. The van der Waals surface area contributed by atoms with Crippen LogP contribution in [0.4, 0.5) is 5.82 Å². The Morgan fingerprint density at radius 1 is 1.60 bits per heavy atom. The molecule has 1 aromatic rings. The van der Waals surface area contributed by atoms with Crippen molar-refractivity contribution < 1.29 is 0 Å². The van der Waals surface area contributed by atoms with E-state index in [0.29, 0.717) is 6.04 Å². The van der Waals surface area contributed by atoms with Crippen molar-refractivity contribution in [2.45, 2.75) is 26.8 Å². The Morgan fingerprint density at radius 3 is 2.80 bits per heavy atom. The highest BCUT2D eigenvalue weighted by atomic mass is 79.9. The summed E-state index contributed by atoms with van der Waals surface area (Å²) in [5.74, 6) is 0.991. The van der Waals surface area contributed by atoms with Gasteiger partial charge in [0.25, 0.3) is 0 Å². The van der Waals surface area contributed by atoms with Gasteiger partial charge in [-0.2, -0.15) is 0 Å². The minimum atomic E-state index is 0.411. The van der Waals surface area contributed by atoms with E-state index in [4.69, 9.17) is 0 Å². The van der Waals surface area contributed by atoms with Gasteiger partial charge in [0.15, 0.2) is 0 Å². The molecule has 0 aliphatic heterocycles. The summed E-state index contributed by atoms with van der Waals surface area (Å²) < 4.78 is 1.07. The lowest BCUT2D eigenvalue weighted by atomic mass is 10.2. The Morgan fingerprint density at radius 2 is 2.27 bits per heavy atom. The van der Waals surface area contributed by atoms with Gasteiger partial charge in [0, 0.05) is 18.8 Å². The number of aryl methyl sites for hydroxylation is 1. The summed E-state index contributed by atoms with van der Waals surface area (Å²) in [6.07, 6.45) is 3.74. The molecule has 1 aromatic heterocycles. The highest BCUT2D eigenvalue weighted by Crippen LogP contribution is 2.27. The molecule has 1 heterocycles. The zero-order valence-electron chi connectivity index (χ0n) is 9.50. The zero-order chi connectivity index (χ0) is 11.4. The summed E-state index contributed by atoms with van der Waals surface area (Å²) >= 11 is 3.58. The number of pyridine rings is 1. The van der Waals surface area contributed by atoms with Gasteiger partial charge in [-0.25, -0.2) is 4.98 Å². The minimum absolute atomic E-state index is 0.411. The molecule has 0 atom stereocenters. The summed E-state index contributed by atoms with van der Waals surface area (Å²) in [6, 6.07) is 2.41. The highest BCUT2D eigenvalue weighted by molar-refractivity contribution is 9.10. The van der Waals surface area contributed by atoms with Crippen LogP contribution in [0.5, 0.6) is 0 Å². The van der Waals surface area contributed by atoms with E-state index in [0.717, 1.165) is 16.8 Å². The fraction of sp³-hybridized carbons (Fsp3) is 0.417. The second kappa shape index (κ2) is 5.31. The van der Waals surface area contributed by atoms with Crippen molar-refractivity contribution in [1.29, 1.82) is 0 Å². The summed E-state index contributed by atoms with van der Waals surface area (Å²) in [5.41, 5.74) is 1.20. The first-order valence-electron chi connectivity index (χ1n) is 5.06. The number of nitrogens with zero attached hydrogens (tertiary/aromatic N) is 2. The van der Waals surface area contributed by atoms with Crippen LogP contribution in [0.25, 0.3) is 0 Å². The van der Waals surface area contributed by atoms with Gasteiger partial charge in [0.05, 0.1) is 4.47 Å². The molecule has 0 aromatic carbocycles. The van der Waals surface area contributed by atoms with Crippen LogP contribution in [-0.4, -0.2) is 17.6 Å². The fourth-order valence-electron chi connectivity index (χ4n) is 1.41. The lowest BCUT2D eigenvalue weighted by Crippen LogP contribution is -2.31. The van der Waals surface area contributed by atoms with E-state index in [1.807, 2.05) is 18.3 Å². The van der Waals surface area contributed by atoms with E-state index in [1.165, 1.54) is 5.56 Å². The molecule has 1 rings (SSSR count). The van der Waals surface area contributed by atoms with Gasteiger partial charge in [0.2, 0.25) is 0 Å². The van der Waals surface area contributed by atoms with Gasteiger partial charge >= 0.3 is 0 Å². The van der Waals surface area contributed by atoms with E-state index in [9.17, 15) is 0 Å². The zero-order valence-corrected chi connectivity index (χ0v) is 11.1. The fourth-order valence-corrected chi connectivity index (χ4v) is 1.87. The Kier molecular flexibility index (Phi) is 4.33. The maximum Gasteiger partial charge on any atom is 0.143 e. The van der Waals surface area contributed by atoms with Crippen LogP contribution >= 0.6 is 15.9 Å². The summed E-state index contributed by atoms with van der Waals surface area (Å²) in [7, 11) is 0. The van der Waals surface area contributed by atoms with Gasteiger partial charge in [-0.05, 0) is 48.3 Å². The molecule has 0 saturated heterocycles. The van der Waals surface area contributed by atoms with Crippen LogP contribution in [0.2, 0.25) is 0 Å². The molecule has 0 bridgehead atoms. The van der Waals surface area contributed by atoms with Crippen LogP contribution in [0.15, 0.2) is 29.4 Å². The summed E-state index contributed by atoms with van der Waals surface area (Å²) in [6.45, 7) is 11.0. The first kappa shape index (κ1) is 12.2. The smallest absolute Gasteiger partial charge is 0.143 e. The third kappa shape index (κ3) is 2.81. The molecular weight excluding hydrogens is 252 g/mol. The quantitative estimate of drug-likeness (QED) is 0.777. The van der Waals surface area contributed by atoms with Crippen molar-refractivity contribution in [2.75, 3.05) is 11.4 Å². The Bertz CT molecular complexity index is 347. The molecule has 0 radical (unpaired) electrons. The molecule has 0 saturated carbocycles. The van der Waals surface area contributed by atoms with Crippen molar-refractivity contribution >= 4 is 21.7 Å². The number of anilines is 1. The lowest BCUT2D eigenvalue weighted by Gasteiger charge is -2.27. The van der Waals surface area contributed by atoms with Crippen LogP contribution in [0.1, 0.15) is 19.4 Å². The number of rotatable bonds is 4. The Labute approximate surface area is 100 Å². The molecule has 0 aliphatic rings. The van der Waals surface area contributed by atoms with E-state index in [1.54, 1.807) is 0 Å². The molecule has 0 spiro atoms. The Hall–Kier alpha value is -0.830. The standard InChI is InChI=1S/C12H17BrN2/c1-5-8-15(9(2)3)12-11(13)10(4)6-7-14-12/h5-7,9H,1,8H2,2-4H3. The molecule has 0 fully saturated rings. The third-order valence-electron chi connectivity index (χ3n) is 2.29. The number of hydrogen-bond acceptors (Lipinski definition) is 2. The Balaban J connectivity index is 3.10. The summed E-state index contributed by atoms with van der Waals surface area (Å²) in [4.78, 5) is 6.62. The van der Waals surface area contributed by atoms with Crippen molar-refractivity contribution in [3.63, 3.8) is 0 Å². The molecule has 0 unspecified atom stereocenters. The number of aromatic nitrogens is 1.